The third-order valence-electron chi connectivity index (χ3n) is 4.21. The summed E-state index contributed by atoms with van der Waals surface area (Å²) < 4.78 is 5.69. The summed E-state index contributed by atoms with van der Waals surface area (Å²) in [7, 11) is 0. The fraction of sp³-hybridized carbons (Fsp3) is 0.0952. The van der Waals surface area contributed by atoms with Gasteiger partial charge in [-0.25, -0.2) is 15.0 Å². The summed E-state index contributed by atoms with van der Waals surface area (Å²) >= 11 is 0. The van der Waals surface area contributed by atoms with Crippen LogP contribution in [-0.2, 0) is 0 Å². The lowest BCUT2D eigenvalue weighted by Crippen LogP contribution is -2.24. The highest BCUT2D eigenvalue weighted by Gasteiger charge is 2.13. The SMILES string of the molecule is Cc1ccccc1NC(=O)NN=Cc1ccc(-c2cccc(C(=O)O)c2C)o1. The number of hydrogen-bond donors (Lipinski definition) is 3. The molecule has 0 saturated heterocycles. The predicted molar refractivity (Wildman–Crippen MR) is 107 cm³/mol. The maximum Gasteiger partial charge on any atom is 0.339 e. The van der Waals surface area contributed by atoms with Crippen LogP contribution in [0, 0.1) is 13.8 Å². The number of nitrogens with one attached hydrogen (secondary N) is 2. The average molecular weight is 377 g/mol. The van der Waals surface area contributed by atoms with Crippen LogP contribution in [0.3, 0.4) is 0 Å². The molecule has 2 aromatic carbocycles. The van der Waals surface area contributed by atoms with Gasteiger partial charge in [-0.15, -0.1) is 0 Å². The number of amides is 2. The normalized spacial score (nSPS) is 10.8. The molecule has 0 saturated carbocycles. The van der Waals surface area contributed by atoms with E-state index in [0.717, 1.165) is 5.56 Å². The van der Waals surface area contributed by atoms with Crippen LogP contribution >= 0.6 is 0 Å². The van der Waals surface area contributed by atoms with Gasteiger partial charge in [-0.05, 0) is 49.2 Å². The Hall–Kier alpha value is -3.87. The van der Waals surface area contributed by atoms with Crippen LogP contribution < -0.4 is 10.7 Å². The molecule has 0 unspecified atom stereocenters. The molecule has 0 bridgehead atoms. The van der Waals surface area contributed by atoms with E-state index in [1.54, 1.807) is 43.3 Å². The molecule has 0 aliphatic carbocycles. The zero-order valence-electron chi connectivity index (χ0n) is 15.4. The quantitative estimate of drug-likeness (QED) is 0.452. The molecule has 0 atom stereocenters. The van der Waals surface area contributed by atoms with Gasteiger partial charge in [0.2, 0.25) is 0 Å². The van der Waals surface area contributed by atoms with Gasteiger partial charge in [0.05, 0.1) is 11.8 Å². The van der Waals surface area contributed by atoms with Crippen LogP contribution in [0.15, 0.2) is 64.1 Å². The summed E-state index contributed by atoms with van der Waals surface area (Å²) in [6.07, 6.45) is 1.37. The number of hydrogen-bond acceptors (Lipinski definition) is 4. The van der Waals surface area contributed by atoms with Crippen molar-refractivity contribution in [3.63, 3.8) is 0 Å². The second-order valence-corrected chi connectivity index (χ2v) is 6.12. The van der Waals surface area contributed by atoms with Gasteiger partial charge >= 0.3 is 12.0 Å². The highest BCUT2D eigenvalue weighted by Crippen LogP contribution is 2.27. The Morgan fingerprint density at radius 1 is 1.04 bits per heavy atom. The molecule has 1 heterocycles. The van der Waals surface area contributed by atoms with Crippen molar-refractivity contribution in [2.75, 3.05) is 5.32 Å². The van der Waals surface area contributed by atoms with Gasteiger partial charge in [0.1, 0.15) is 11.5 Å². The van der Waals surface area contributed by atoms with E-state index in [-0.39, 0.29) is 5.56 Å². The Labute approximate surface area is 161 Å². The van der Waals surface area contributed by atoms with Gasteiger partial charge in [-0.3, -0.25) is 0 Å². The zero-order valence-corrected chi connectivity index (χ0v) is 15.4. The average Bonchev–Trinajstić information content (AvgIpc) is 3.12. The highest BCUT2D eigenvalue weighted by molar-refractivity contribution is 5.92. The van der Waals surface area contributed by atoms with Crippen molar-refractivity contribution in [2.45, 2.75) is 13.8 Å². The lowest BCUT2D eigenvalue weighted by molar-refractivity contribution is 0.0696. The molecular formula is C21H19N3O4. The van der Waals surface area contributed by atoms with E-state index >= 15 is 0 Å². The van der Waals surface area contributed by atoms with Gasteiger partial charge < -0.3 is 14.8 Å². The first kappa shape index (κ1) is 18.9. The Kier molecular flexibility index (Phi) is 5.55. The third-order valence-corrected chi connectivity index (χ3v) is 4.21. The Bertz CT molecular complexity index is 1050. The second kappa shape index (κ2) is 8.22. The molecule has 1 aromatic heterocycles. The molecular weight excluding hydrogens is 358 g/mol. The molecule has 28 heavy (non-hydrogen) atoms. The first-order valence-electron chi connectivity index (χ1n) is 8.54. The fourth-order valence-corrected chi connectivity index (χ4v) is 2.72. The summed E-state index contributed by atoms with van der Waals surface area (Å²) in [4.78, 5) is 23.2. The molecule has 7 nitrogen and oxygen atoms in total. The van der Waals surface area contributed by atoms with Crippen molar-refractivity contribution in [3.8, 4) is 11.3 Å². The van der Waals surface area contributed by atoms with Gasteiger partial charge in [-0.1, -0.05) is 30.3 Å². The number of benzene rings is 2. The van der Waals surface area contributed by atoms with E-state index in [1.165, 1.54) is 6.21 Å². The maximum atomic E-state index is 11.9. The number of urea groups is 1. The lowest BCUT2D eigenvalue weighted by Gasteiger charge is -2.06. The van der Waals surface area contributed by atoms with Crippen molar-refractivity contribution in [1.82, 2.24) is 5.43 Å². The van der Waals surface area contributed by atoms with E-state index in [9.17, 15) is 14.7 Å². The molecule has 2 amide bonds. The van der Waals surface area contributed by atoms with E-state index in [2.05, 4.69) is 15.8 Å². The molecule has 7 heteroatoms. The van der Waals surface area contributed by atoms with Gasteiger partial charge in [0.25, 0.3) is 0 Å². The molecule has 3 rings (SSSR count). The first-order valence-corrected chi connectivity index (χ1v) is 8.54. The number of rotatable bonds is 5. The van der Waals surface area contributed by atoms with Crippen LogP contribution in [0.2, 0.25) is 0 Å². The minimum absolute atomic E-state index is 0.221. The standard InChI is InChI=1S/C21H19N3O4/c1-13-6-3-4-9-18(13)23-21(27)24-22-12-15-10-11-19(28-15)16-7-5-8-17(14(16)2)20(25)26/h3-12H,1-2H3,(H,25,26)(H2,23,24,27). The number of anilines is 1. The summed E-state index contributed by atoms with van der Waals surface area (Å²) in [5, 5.41) is 15.8. The van der Waals surface area contributed by atoms with Crippen LogP contribution in [-0.4, -0.2) is 23.3 Å². The van der Waals surface area contributed by atoms with E-state index < -0.39 is 12.0 Å². The molecule has 3 aromatic rings. The summed E-state index contributed by atoms with van der Waals surface area (Å²) in [6.45, 7) is 3.62. The van der Waals surface area contributed by atoms with Crippen LogP contribution in [0.25, 0.3) is 11.3 Å². The fourth-order valence-electron chi connectivity index (χ4n) is 2.72. The molecule has 0 aliphatic rings. The van der Waals surface area contributed by atoms with Crippen molar-refractivity contribution in [3.05, 3.63) is 77.0 Å². The third kappa shape index (κ3) is 4.27. The maximum absolute atomic E-state index is 11.9. The second-order valence-electron chi connectivity index (χ2n) is 6.12. The number of para-hydroxylation sites is 1. The van der Waals surface area contributed by atoms with E-state index in [1.807, 2.05) is 25.1 Å². The number of carboxylic acids is 1. The van der Waals surface area contributed by atoms with Gasteiger partial charge in [0.15, 0.2) is 0 Å². The monoisotopic (exact) mass is 377 g/mol. The minimum Gasteiger partial charge on any atom is -0.478 e. The number of carbonyl (C=O) groups is 2. The Morgan fingerprint density at radius 3 is 2.57 bits per heavy atom. The van der Waals surface area contributed by atoms with Crippen LogP contribution in [0.5, 0.6) is 0 Å². The molecule has 3 N–H and O–H groups in total. The topological polar surface area (TPSA) is 104 Å². The van der Waals surface area contributed by atoms with Crippen molar-refractivity contribution >= 4 is 23.9 Å². The Balaban J connectivity index is 1.66. The molecule has 142 valence electrons. The van der Waals surface area contributed by atoms with Crippen molar-refractivity contribution < 1.29 is 19.1 Å². The van der Waals surface area contributed by atoms with Crippen molar-refractivity contribution in [1.29, 1.82) is 0 Å². The summed E-state index contributed by atoms with van der Waals surface area (Å²) in [5.74, 6) is -0.0470. The lowest BCUT2D eigenvalue weighted by atomic mass is 10.0. The first-order chi connectivity index (χ1) is 13.5. The summed E-state index contributed by atoms with van der Waals surface area (Å²) in [5.41, 5.74) is 5.53. The van der Waals surface area contributed by atoms with Gasteiger partial charge in [0, 0.05) is 11.3 Å². The number of carbonyl (C=O) groups excluding carboxylic acids is 1. The van der Waals surface area contributed by atoms with Crippen LogP contribution in [0.4, 0.5) is 10.5 Å². The number of hydrazone groups is 1. The van der Waals surface area contributed by atoms with Crippen LogP contribution in [0.1, 0.15) is 27.2 Å². The van der Waals surface area contributed by atoms with E-state index in [4.69, 9.17) is 4.42 Å². The molecule has 0 radical (unpaired) electrons. The molecule has 0 spiro atoms. The minimum atomic E-state index is -0.989. The zero-order chi connectivity index (χ0) is 20.1. The smallest absolute Gasteiger partial charge is 0.339 e. The van der Waals surface area contributed by atoms with Crippen molar-refractivity contribution in [2.24, 2.45) is 5.10 Å². The molecule has 0 aliphatic heterocycles. The van der Waals surface area contributed by atoms with Gasteiger partial charge in [-0.2, -0.15) is 5.10 Å². The largest absolute Gasteiger partial charge is 0.478 e. The summed E-state index contributed by atoms with van der Waals surface area (Å²) in [6, 6.07) is 15.3. The number of carboxylic acid groups (broad SMARTS) is 1. The number of aryl methyl sites for hydroxylation is 1. The highest BCUT2D eigenvalue weighted by atomic mass is 16.4. The van der Waals surface area contributed by atoms with E-state index in [0.29, 0.717) is 28.3 Å². The number of furan rings is 1. The number of aromatic carboxylic acids is 1. The predicted octanol–water partition coefficient (Wildman–Crippen LogP) is 4.42. The molecule has 0 fully saturated rings. The Morgan fingerprint density at radius 2 is 1.82 bits per heavy atom. The number of nitrogens with zero attached hydrogens (tertiary/aromatic N) is 1.